The van der Waals surface area contributed by atoms with Gasteiger partial charge >= 0.3 is 5.97 Å². The van der Waals surface area contributed by atoms with Crippen molar-refractivity contribution in [3.8, 4) is 11.5 Å². The molecular formula is C29H32N2O4S. The molecule has 0 bridgehead atoms. The van der Waals surface area contributed by atoms with E-state index in [0.717, 1.165) is 41.0 Å². The Morgan fingerprint density at radius 1 is 1.06 bits per heavy atom. The van der Waals surface area contributed by atoms with E-state index in [1.807, 2.05) is 25.1 Å². The summed E-state index contributed by atoms with van der Waals surface area (Å²) in [5.41, 5.74) is 4.61. The van der Waals surface area contributed by atoms with Crippen LogP contribution in [0, 0.1) is 18.3 Å². The molecule has 1 aliphatic carbocycles. The molecule has 2 aromatic carbocycles. The molecule has 0 saturated heterocycles. The first-order chi connectivity index (χ1) is 17.1. The first kappa shape index (κ1) is 24.4. The molecule has 1 amide bonds. The summed E-state index contributed by atoms with van der Waals surface area (Å²) in [6, 6.07) is 12.6. The zero-order valence-electron chi connectivity index (χ0n) is 21.4. The van der Waals surface area contributed by atoms with Gasteiger partial charge in [0.2, 0.25) is 0 Å². The molecule has 0 saturated carbocycles. The lowest BCUT2D eigenvalue weighted by Gasteiger charge is -2.34. The Morgan fingerprint density at radius 2 is 1.81 bits per heavy atom. The van der Waals surface area contributed by atoms with Gasteiger partial charge in [-0.25, -0.2) is 4.79 Å². The number of rotatable bonds is 4. The number of benzene rings is 2. The second kappa shape index (κ2) is 9.28. The number of esters is 1. The van der Waals surface area contributed by atoms with Crippen molar-refractivity contribution >= 4 is 28.2 Å². The van der Waals surface area contributed by atoms with E-state index in [9.17, 15) is 9.59 Å². The van der Waals surface area contributed by atoms with Gasteiger partial charge in [0.1, 0.15) is 11.2 Å². The lowest BCUT2D eigenvalue weighted by molar-refractivity contribution is 0.0729. The smallest absolute Gasteiger partial charge is 0.343 e. The van der Waals surface area contributed by atoms with Gasteiger partial charge in [-0.1, -0.05) is 44.5 Å². The third-order valence-electron chi connectivity index (χ3n) is 7.28. The predicted octanol–water partition coefficient (Wildman–Crippen LogP) is 6.29. The van der Waals surface area contributed by atoms with Gasteiger partial charge in [-0.05, 0) is 72.9 Å². The lowest BCUT2D eigenvalue weighted by Crippen LogP contribution is -2.38. The van der Waals surface area contributed by atoms with Crippen molar-refractivity contribution < 1.29 is 19.1 Å². The monoisotopic (exact) mass is 504 g/mol. The average molecular weight is 505 g/mol. The van der Waals surface area contributed by atoms with Gasteiger partial charge in [0.15, 0.2) is 11.5 Å². The zero-order valence-corrected chi connectivity index (χ0v) is 22.2. The highest BCUT2D eigenvalue weighted by molar-refractivity contribution is 7.16. The molecule has 2 atom stereocenters. The number of hydrogen-bond acceptors (Lipinski definition) is 6. The number of aryl methyl sites for hydroxylation is 1. The standard InChI is InChI=1S/C29H32N2O4S/c1-16-6-8-17(9-7-16)28(33)35-21-13-10-18(14-22(21)34-5)25-30-26(32)24-20-12-11-19(29(2,3)4)15-23(20)36-27(24)31-25/h6-10,13-14,19,25,31H,11-12,15H2,1-5H3,(H,30,32)/t19-,25+/m1/s1. The lowest BCUT2D eigenvalue weighted by atomic mass is 9.72. The number of amides is 1. The average Bonchev–Trinajstić information content (AvgIpc) is 3.22. The van der Waals surface area contributed by atoms with Crippen LogP contribution in [0.5, 0.6) is 11.5 Å². The van der Waals surface area contributed by atoms with Gasteiger partial charge in [0.05, 0.1) is 18.2 Å². The summed E-state index contributed by atoms with van der Waals surface area (Å²) < 4.78 is 11.1. The Bertz CT molecular complexity index is 1320. The van der Waals surface area contributed by atoms with E-state index < -0.39 is 12.1 Å². The molecule has 0 fully saturated rings. The highest BCUT2D eigenvalue weighted by atomic mass is 32.1. The van der Waals surface area contributed by atoms with E-state index in [2.05, 4.69) is 31.4 Å². The predicted molar refractivity (Wildman–Crippen MR) is 142 cm³/mol. The zero-order chi connectivity index (χ0) is 25.6. The van der Waals surface area contributed by atoms with E-state index in [4.69, 9.17) is 9.47 Å². The minimum atomic E-state index is -0.451. The summed E-state index contributed by atoms with van der Waals surface area (Å²) in [5.74, 6) is 0.868. The van der Waals surface area contributed by atoms with Crippen LogP contribution in [0.1, 0.15) is 75.6 Å². The van der Waals surface area contributed by atoms with Crippen LogP contribution in [-0.2, 0) is 12.8 Å². The van der Waals surface area contributed by atoms with E-state index in [0.29, 0.717) is 23.0 Å². The van der Waals surface area contributed by atoms with Crippen molar-refractivity contribution in [2.45, 2.75) is 53.1 Å². The SMILES string of the molecule is COc1cc([C@H]2NC(=O)c3c(sc4c3CC[C@@H](C(C)(C)C)C4)N2)ccc1OC(=O)c1ccc(C)cc1. The minimum absolute atomic E-state index is 0.0469. The van der Waals surface area contributed by atoms with Crippen LogP contribution in [0.3, 0.4) is 0 Å². The summed E-state index contributed by atoms with van der Waals surface area (Å²) in [7, 11) is 1.53. The maximum absolute atomic E-state index is 13.2. The largest absolute Gasteiger partial charge is 0.493 e. The van der Waals surface area contributed by atoms with Crippen LogP contribution in [0.4, 0.5) is 5.00 Å². The second-order valence-corrected chi connectivity index (χ2v) is 11.8. The fourth-order valence-corrected chi connectivity index (χ4v) is 6.35. The highest BCUT2D eigenvalue weighted by Crippen LogP contribution is 2.46. The van der Waals surface area contributed by atoms with Crippen LogP contribution in [0.15, 0.2) is 42.5 Å². The summed E-state index contributed by atoms with van der Waals surface area (Å²) in [5, 5.41) is 7.55. The second-order valence-electron chi connectivity index (χ2n) is 10.7. The van der Waals surface area contributed by atoms with Crippen molar-refractivity contribution in [2.24, 2.45) is 11.3 Å². The van der Waals surface area contributed by atoms with Crippen LogP contribution < -0.4 is 20.1 Å². The van der Waals surface area contributed by atoms with E-state index >= 15 is 0 Å². The Balaban J connectivity index is 1.36. The Kier molecular flexibility index (Phi) is 6.29. The highest BCUT2D eigenvalue weighted by Gasteiger charge is 2.36. The fourth-order valence-electron chi connectivity index (χ4n) is 5.00. The number of anilines is 1. The van der Waals surface area contributed by atoms with Gasteiger partial charge in [-0.15, -0.1) is 11.3 Å². The topological polar surface area (TPSA) is 76.7 Å². The Morgan fingerprint density at radius 3 is 2.50 bits per heavy atom. The molecule has 5 rings (SSSR count). The number of fused-ring (bicyclic) bond motifs is 3. The number of carbonyl (C=O) groups excluding carboxylic acids is 2. The maximum atomic E-state index is 13.2. The maximum Gasteiger partial charge on any atom is 0.343 e. The molecule has 0 radical (unpaired) electrons. The summed E-state index contributed by atoms with van der Waals surface area (Å²) in [6.07, 6.45) is 2.67. The third-order valence-corrected chi connectivity index (χ3v) is 8.46. The van der Waals surface area contributed by atoms with E-state index in [-0.39, 0.29) is 11.3 Å². The van der Waals surface area contributed by atoms with Gasteiger partial charge in [0, 0.05) is 4.88 Å². The molecule has 1 aromatic heterocycles. The van der Waals surface area contributed by atoms with Crippen molar-refractivity contribution in [1.29, 1.82) is 0 Å². The number of ether oxygens (including phenoxy) is 2. The van der Waals surface area contributed by atoms with Crippen LogP contribution in [-0.4, -0.2) is 19.0 Å². The van der Waals surface area contributed by atoms with Crippen molar-refractivity contribution in [3.05, 3.63) is 75.2 Å². The number of carbonyl (C=O) groups is 2. The van der Waals surface area contributed by atoms with E-state index in [1.165, 1.54) is 17.6 Å². The van der Waals surface area contributed by atoms with Crippen molar-refractivity contribution in [2.75, 3.05) is 12.4 Å². The molecule has 0 spiro atoms. The van der Waals surface area contributed by atoms with Gasteiger partial charge < -0.3 is 20.1 Å². The number of hydrogen-bond donors (Lipinski definition) is 2. The number of nitrogens with one attached hydrogen (secondary N) is 2. The first-order valence-electron chi connectivity index (χ1n) is 12.3. The summed E-state index contributed by atoms with van der Waals surface area (Å²) in [6.45, 7) is 8.86. The van der Waals surface area contributed by atoms with Crippen molar-refractivity contribution in [3.63, 3.8) is 0 Å². The summed E-state index contributed by atoms with van der Waals surface area (Å²) in [4.78, 5) is 27.1. The molecule has 0 unspecified atom stereocenters. The normalized spacial score (nSPS) is 19.0. The molecule has 188 valence electrons. The van der Waals surface area contributed by atoms with Crippen LogP contribution >= 0.6 is 11.3 Å². The molecule has 2 N–H and O–H groups in total. The molecule has 36 heavy (non-hydrogen) atoms. The molecular weight excluding hydrogens is 472 g/mol. The van der Waals surface area contributed by atoms with Crippen LogP contribution in [0.2, 0.25) is 0 Å². The quantitative estimate of drug-likeness (QED) is 0.323. The third kappa shape index (κ3) is 4.60. The van der Waals surface area contributed by atoms with E-state index in [1.54, 1.807) is 35.6 Å². The fraction of sp³-hybridized carbons (Fsp3) is 0.379. The first-order valence-corrected chi connectivity index (χ1v) is 13.1. The molecule has 6 nitrogen and oxygen atoms in total. The molecule has 2 aliphatic rings. The Labute approximate surface area is 216 Å². The Hall–Kier alpha value is -3.32. The van der Waals surface area contributed by atoms with Crippen molar-refractivity contribution in [1.82, 2.24) is 5.32 Å². The van der Waals surface area contributed by atoms with Gasteiger partial charge in [0.25, 0.3) is 5.91 Å². The molecule has 1 aliphatic heterocycles. The molecule has 2 heterocycles. The number of methoxy groups -OCH3 is 1. The van der Waals surface area contributed by atoms with Crippen LogP contribution in [0.25, 0.3) is 0 Å². The summed E-state index contributed by atoms with van der Waals surface area (Å²) >= 11 is 1.71. The molecule has 3 aromatic rings. The van der Waals surface area contributed by atoms with Gasteiger partial charge in [-0.2, -0.15) is 0 Å². The minimum Gasteiger partial charge on any atom is -0.493 e. The van der Waals surface area contributed by atoms with Gasteiger partial charge in [-0.3, -0.25) is 4.79 Å². The number of thiophene rings is 1. The molecule has 7 heteroatoms.